The zero-order valence-corrected chi connectivity index (χ0v) is 11.6. The van der Waals surface area contributed by atoms with Gasteiger partial charge in [-0.2, -0.15) is 0 Å². The molecule has 0 saturated carbocycles. The van der Waals surface area contributed by atoms with E-state index >= 15 is 0 Å². The molecule has 0 unspecified atom stereocenters. The molecule has 1 aliphatic heterocycles. The maximum atomic E-state index is 12.4. The Morgan fingerprint density at radius 2 is 2.10 bits per heavy atom. The van der Waals surface area contributed by atoms with Gasteiger partial charge in [0.1, 0.15) is 11.3 Å². The molecule has 106 valence electrons. The number of aromatic hydroxyl groups is 1. The molecule has 1 aliphatic rings. The van der Waals surface area contributed by atoms with Gasteiger partial charge >= 0.3 is 5.63 Å². The van der Waals surface area contributed by atoms with Crippen LogP contribution in [0.4, 0.5) is 0 Å². The van der Waals surface area contributed by atoms with Crippen molar-refractivity contribution < 1.29 is 9.52 Å². The summed E-state index contributed by atoms with van der Waals surface area (Å²) in [5.74, 6) is 0.421. The predicted octanol–water partition coefficient (Wildman–Crippen LogP) is 2.53. The minimum absolute atomic E-state index is 0.193. The molecule has 4 nitrogen and oxygen atoms in total. The van der Waals surface area contributed by atoms with E-state index in [9.17, 15) is 9.90 Å². The Hall–Kier alpha value is -1.81. The fourth-order valence-electron chi connectivity index (χ4n) is 3.21. The highest BCUT2D eigenvalue weighted by Crippen LogP contribution is 2.34. The van der Waals surface area contributed by atoms with Crippen molar-refractivity contribution >= 4 is 11.0 Å². The molecule has 20 heavy (non-hydrogen) atoms. The van der Waals surface area contributed by atoms with E-state index in [4.69, 9.17) is 4.42 Å². The van der Waals surface area contributed by atoms with Gasteiger partial charge in [-0.25, -0.2) is 4.79 Å². The Morgan fingerprint density at radius 1 is 1.35 bits per heavy atom. The maximum absolute atomic E-state index is 12.4. The topological polar surface area (TPSA) is 62.5 Å². The lowest BCUT2D eigenvalue weighted by atomic mass is 9.86. The van der Waals surface area contributed by atoms with Crippen LogP contribution in [0.1, 0.15) is 36.8 Å². The standard InChI is InChI=1S/C16H19NO3/c1-2-11-14(10-6-8-17-9-7-10)16(19)20-13-5-3-4-12(18)15(11)13/h3-5,10,17-18H,2,6-9H2,1H3. The molecule has 2 heterocycles. The summed E-state index contributed by atoms with van der Waals surface area (Å²) in [7, 11) is 0. The zero-order chi connectivity index (χ0) is 14.1. The zero-order valence-electron chi connectivity index (χ0n) is 11.6. The van der Waals surface area contributed by atoms with Crippen LogP contribution in [0.25, 0.3) is 11.0 Å². The Morgan fingerprint density at radius 3 is 2.80 bits per heavy atom. The molecule has 3 rings (SSSR count). The van der Waals surface area contributed by atoms with Crippen LogP contribution >= 0.6 is 0 Å². The number of nitrogens with one attached hydrogen (secondary N) is 1. The summed E-state index contributed by atoms with van der Waals surface area (Å²) in [6.07, 6.45) is 2.60. The Labute approximate surface area is 117 Å². The molecule has 0 amide bonds. The summed E-state index contributed by atoms with van der Waals surface area (Å²) in [5, 5.41) is 14.1. The smallest absolute Gasteiger partial charge is 0.340 e. The first kappa shape index (κ1) is 13.2. The summed E-state index contributed by atoms with van der Waals surface area (Å²) in [4.78, 5) is 12.4. The Bertz CT molecular complexity index is 684. The van der Waals surface area contributed by atoms with Gasteiger partial charge in [0.05, 0.1) is 5.39 Å². The molecule has 0 radical (unpaired) electrons. The van der Waals surface area contributed by atoms with Gasteiger partial charge in [0, 0.05) is 5.56 Å². The average molecular weight is 273 g/mol. The first-order valence-electron chi connectivity index (χ1n) is 7.20. The van der Waals surface area contributed by atoms with Gasteiger partial charge in [0.2, 0.25) is 0 Å². The molecule has 4 heteroatoms. The van der Waals surface area contributed by atoms with Gasteiger partial charge < -0.3 is 14.8 Å². The van der Waals surface area contributed by atoms with Crippen molar-refractivity contribution in [3.8, 4) is 5.75 Å². The third kappa shape index (κ3) is 2.10. The van der Waals surface area contributed by atoms with E-state index < -0.39 is 0 Å². The van der Waals surface area contributed by atoms with E-state index in [2.05, 4.69) is 5.32 Å². The number of phenolic OH excluding ortho intramolecular Hbond substituents is 1. The van der Waals surface area contributed by atoms with Crippen molar-refractivity contribution in [1.82, 2.24) is 5.32 Å². The molecule has 1 fully saturated rings. The van der Waals surface area contributed by atoms with Crippen molar-refractivity contribution in [1.29, 1.82) is 0 Å². The quantitative estimate of drug-likeness (QED) is 0.825. The summed E-state index contributed by atoms with van der Waals surface area (Å²) < 4.78 is 5.43. The molecule has 0 aliphatic carbocycles. The molecular formula is C16H19NO3. The summed E-state index contributed by atoms with van der Waals surface area (Å²) in [6, 6.07) is 5.08. The van der Waals surface area contributed by atoms with Gasteiger partial charge in [0.25, 0.3) is 0 Å². The number of hydrogen-bond donors (Lipinski definition) is 2. The van der Waals surface area contributed by atoms with Gasteiger partial charge in [0.15, 0.2) is 0 Å². The van der Waals surface area contributed by atoms with E-state index in [1.165, 1.54) is 0 Å². The first-order chi connectivity index (χ1) is 9.72. The summed E-state index contributed by atoms with van der Waals surface area (Å²) in [6.45, 7) is 3.86. The van der Waals surface area contributed by atoms with Crippen LogP contribution in [-0.4, -0.2) is 18.2 Å². The van der Waals surface area contributed by atoms with Gasteiger partial charge in [-0.3, -0.25) is 0 Å². The van der Waals surface area contributed by atoms with E-state index in [1.807, 2.05) is 6.92 Å². The molecular weight excluding hydrogens is 254 g/mol. The highest BCUT2D eigenvalue weighted by Gasteiger charge is 2.24. The summed E-state index contributed by atoms with van der Waals surface area (Å²) in [5.41, 5.74) is 1.95. The van der Waals surface area contributed by atoms with E-state index in [0.717, 1.165) is 43.5 Å². The molecule has 0 spiro atoms. The van der Waals surface area contributed by atoms with Crippen LogP contribution in [0.2, 0.25) is 0 Å². The second kappa shape index (κ2) is 5.29. The van der Waals surface area contributed by atoms with Crippen molar-refractivity contribution in [2.24, 2.45) is 0 Å². The van der Waals surface area contributed by atoms with Crippen LogP contribution in [0.5, 0.6) is 5.75 Å². The number of fused-ring (bicyclic) bond motifs is 1. The second-order valence-electron chi connectivity index (χ2n) is 5.31. The molecule has 1 saturated heterocycles. The van der Waals surface area contributed by atoms with E-state index in [1.54, 1.807) is 18.2 Å². The van der Waals surface area contributed by atoms with Crippen LogP contribution < -0.4 is 10.9 Å². The molecule has 2 aromatic rings. The molecule has 2 N–H and O–H groups in total. The van der Waals surface area contributed by atoms with Crippen LogP contribution in [-0.2, 0) is 6.42 Å². The highest BCUT2D eigenvalue weighted by molar-refractivity contribution is 5.87. The molecule has 0 atom stereocenters. The van der Waals surface area contributed by atoms with Crippen LogP contribution in [0, 0.1) is 0 Å². The van der Waals surface area contributed by atoms with Gasteiger partial charge in [-0.05, 0) is 56.0 Å². The minimum Gasteiger partial charge on any atom is -0.507 e. The van der Waals surface area contributed by atoms with Crippen LogP contribution in [0.15, 0.2) is 27.4 Å². The molecule has 1 aromatic heterocycles. The number of rotatable bonds is 2. The van der Waals surface area contributed by atoms with E-state index in [-0.39, 0.29) is 17.3 Å². The third-order valence-corrected chi connectivity index (χ3v) is 4.15. The van der Waals surface area contributed by atoms with Crippen molar-refractivity contribution in [2.45, 2.75) is 32.1 Å². The number of phenols is 1. The Kier molecular flexibility index (Phi) is 3.49. The number of hydrogen-bond acceptors (Lipinski definition) is 4. The monoisotopic (exact) mass is 273 g/mol. The number of aryl methyl sites for hydroxylation is 1. The fraction of sp³-hybridized carbons (Fsp3) is 0.438. The number of piperidine rings is 1. The summed E-state index contributed by atoms with van der Waals surface area (Å²) >= 11 is 0. The fourth-order valence-corrected chi connectivity index (χ4v) is 3.21. The lowest BCUT2D eigenvalue weighted by molar-refractivity contribution is 0.438. The normalized spacial score (nSPS) is 16.6. The van der Waals surface area contributed by atoms with Crippen molar-refractivity contribution in [2.75, 3.05) is 13.1 Å². The average Bonchev–Trinajstić information content (AvgIpc) is 2.47. The number of benzene rings is 1. The largest absolute Gasteiger partial charge is 0.507 e. The lowest BCUT2D eigenvalue weighted by Gasteiger charge is -2.24. The van der Waals surface area contributed by atoms with Crippen molar-refractivity contribution in [3.05, 3.63) is 39.7 Å². The van der Waals surface area contributed by atoms with Crippen LogP contribution in [0.3, 0.4) is 0 Å². The predicted molar refractivity (Wildman–Crippen MR) is 78.4 cm³/mol. The Balaban J connectivity index is 2.27. The SMILES string of the molecule is CCc1c(C2CCNCC2)c(=O)oc2cccc(O)c12. The second-order valence-corrected chi connectivity index (χ2v) is 5.31. The minimum atomic E-state index is -0.244. The highest BCUT2D eigenvalue weighted by atomic mass is 16.4. The molecule has 0 bridgehead atoms. The lowest BCUT2D eigenvalue weighted by Crippen LogP contribution is -2.29. The van der Waals surface area contributed by atoms with Crippen molar-refractivity contribution in [3.63, 3.8) is 0 Å². The van der Waals surface area contributed by atoms with Gasteiger partial charge in [-0.15, -0.1) is 0 Å². The third-order valence-electron chi connectivity index (χ3n) is 4.15. The van der Waals surface area contributed by atoms with Gasteiger partial charge in [-0.1, -0.05) is 13.0 Å². The van der Waals surface area contributed by atoms with E-state index in [0.29, 0.717) is 11.0 Å². The molecule has 1 aromatic carbocycles. The first-order valence-corrected chi connectivity index (χ1v) is 7.20. The maximum Gasteiger partial charge on any atom is 0.340 e.